The maximum absolute atomic E-state index is 13.4. The Bertz CT molecular complexity index is 1220. The second-order valence-corrected chi connectivity index (χ2v) is 13.0. The molecule has 2 heterocycles. The van der Waals surface area contributed by atoms with Gasteiger partial charge in [0.1, 0.15) is 17.5 Å². The number of nitrogens with one attached hydrogen (secondary N) is 1. The first-order chi connectivity index (χ1) is 21.8. The summed E-state index contributed by atoms with van der Waals surface area (Å²) in [7, 11) is 1.68. The zero-order valence-corrected chi connectivity index (χ0v) is 26.7. The highest BCUT2D eigenvalue weighted by Crippen LogP contribution is 2.60. The lowest BCUT2D eigenvalue weighted by molar-refractivity contribution is -0.226. The predicted octanol–water partition coefficient (Wildman–Crippen LogP) is 4.39. The van der Waals surface area contributed by atoms with Crippen LogP contribution >= 0.6 is 0 Å². The van der Waals surface area contributed by atoms with Gasteiger partial charge in [0.25, 0.3) is 0 Å². The van der Waals surface area contributed by atoms with Gasteiger partial charge in [0.05, 0.1) is 18.2 Å². The smallest absolute Gasteiger partial charge is 0.317 e. The first kappa shape index (κ1) is 33.5. The number of likely N-dealkylation sites (N-methyl/N-ethyl adjacent to an activating group) is 1. The Kier molecular flexibility index (Phi) is 11.3. The fourth-order valence-corrected chi connectivity index (χ4v) is 7.78. The van der Waals surface area contributed by atoms with Crippen molar-refractivity contribution in [3.8, 4) is 11.5 Å². The number of phenols is 1. The number of carbonyl (C=O) groups is 1. The van der Waals surface area contributed by atoms with Gasteiger partial charge < -0.3 is 45.0 Å². The standard InChI is InChI=1S/C34H51N3O8/c1-3-15-35-33(41)37(2)29-21-27(36-45-30-12-6-9-18-43-30)25-19-22(10-4-7-16-38)24(11-5-8-17-39)31-26-20-23(40)13-14-28(26)44-34(29,42)32(25)31/h13-14,19-20,22,24,29-32,38-40,42H,3-12,15-18,21H2,1-2H3,(H,35,41)/t22-,24+,29-,30?,31+,32+,34+/m0/s1. The lowest BCUT2D eigenvalue weighted by atomic mass is 9.55. The van der Waals surface area contributed by atoms with Crippen molar-refractivity contribution in [3.05, 3.63) is 35.4 Å². The molecule has 2 fully saturated rings. The fourth-order valence-electron chi connectivity index (χ4n) is 7.78. The number of aliphatic hydroxyl groups is 3. The van der Waals surface area contributed by atoms with Crippen LogP contribution < -0.4 is 10.1 Å². The Morgan fingerprint density at radius 3 is 2.64 bits per heavy atom. The van der Waals surface area contributed by atoms with Crippen LogP contribution in [-0.4, -0.2) is 88.6 Å². The average molecular weight is 630 g/mol. The summed E-state index contributed by atoms with van der Waals surface area (Å²) in [6.45, 7) is 3.31. The topological polar surface area (TPSA) is 153 Å². The van der Waals surface area contributed by atoms with Crippen LogP contribution in [0.2, 0.25) is 0 Å². The second-order valence-electron chi connectivity index (χ2n) is 13.0. The molecule has 11 nitrogen and oxygen atoms in total. The number of unbranched alkanes of at least 4 members (excludes halogenated alkanes) is 2. The lowest BCUT2D eigenvalue weighted by Gasteiger charge is -2.58. The molecule has 5 rings (SSSR count). The third-order valence-corrected chi connectivity index (χ3v) is 9.99. The van der Waals surface area contributed by atoms with Crippen LogP contribution in [0.25, 0.3) is 0 Å². The highest BCUT2D eigenvalue weighted by Gasteiger charge is 2.63. The van der Waals surface area contributed by atoms with E-state index in [9.17, 15) is 25.2 Å². The van der Waals surface area contributed by atoms with E-state index in [0.717, 1.165) is 62.5 Å². The van der Waals surface area contributed by atoms with Gasteiger partial charge in [-0.25, -0.2) is 4.79 Å². The molecule has 5 N–H and O–H groups in total. The van der Waals surface area contributed by atoms with Crippen LogP contribution in [0, 0.1) is 17.8 Å². The van der Waals surface area contributed by atoms with Crippen molar-refractivity contribution in [1.29, 1.82) is 0 Å². The number of aromatic hydroxyl groups is 1. The molecule has 0 spiro atoms. The summed E-state index contributed by atoms with van der Waals surface area (Å²) in [5, 5.41) is 50.3. The van der Waals surface area contributed by atoms with E-state index in [0.29, 0.717) is 37.5 Å². The Labute approximate surface area is 266 Å². The molecule has 0 bridgehead atoms. The lowest BCUT2D eigenvalue weighted by Crippen LogP contribution is -2.69. The molecule has 4 aliphatic rings. The van der Waals surface area contributed by atoms with Crippen molar-refractivity contribution < 1.29 is 39.5 Å². The van der Waals surface area contributed by atoms with E-state index in [1.54, 1.807) is 25.2 Å². The molecule has 1 saturated carbocycles. The average Bonchev–Trinajstić information content (AvgIpc) is 3.04. The minimum absolute atomic E-state index is 0.0433. The number of oxime groups is 1. The number of hydrogen-bond acceptors (Lipinski definition) is 9. The first-order valence-corrected chi connectivity index (χ1v) is 16.8. The zero-order valence-electron chi connectivity index (χ0n) is 26.7. The number of ether oxygens (including phenoxy) is 2. The molecule has 1 aromatic carbocycles. The van der Waals surface area contributed by atoms with E-state index in [2.05, 4.69) is 16.5 Å². The summed E-state index contributed by atoms with van der Waals surface area (Å²) >= 11 is 0. The van der Waals surface area contributed by atoms with Crippen molar-refractivity contribution in [1.82, 2.24) is 10.2 Å². The fraction of sp³-hybridized carbons (Fsp3) is 0.706. The van der Waals surface area contributed by atoms with E-state index < -0.39 is 24.0 Å². The molecule has 45 heavy (non-hydrogen) atoms. The first-order valence-electron chi connectivity index (χ1n) is 16.8. The molecule has 11 heteroatoms. The summed E-state index contributed by atoms with van der Waals surface area (Å²) in [5.74, 6) is -1.93. The van der Waals surface area contributed by atoms with Gasteiger partial charge in [-0.3, -0.25) is 0 Å². The van der Waals surface area contributed by atoms with Crippen molar-refractivity contribution >= 4 is 11.7 Å². The van der Waals surface area contributed by atoms with Gasteiger partial charge in [0.2, 0.25) is 12.1 Å². The monoisotopic (exact) mass is 629 g/mol. The number of carbonyl (C=O) groups excluding carboxylic acids is 1. The zero-order chi connectivity index (χ0) is 32.0. The maximum atomic E-state index is 13.4. The number of amides is 2. The van der Waals surface area contributed by atoms with E-state index in [-0.39, 0.29) is 49.2 Å². The van der Waals surface area contributed by atoms with Gasteiger partial charge in [-0.05, 0) is 80.6 Å². The molecule has 2 aliphatic carbocycles. The molecule has 2 aliphatic heterocycles. The molecule has 2 amide bonds. The molecule has 1 unspecified atom stereocenters. The molecule has 250 valence electrons. The minimum atomic E-state index is -1.79. The normalized spacial score (nSPS) is 31.3. The molecular weight excluding hydrogens is 578 g/mol. The largest absolute Gasteiger partial charge is 0.508 e. The number of benzene rings is 1. The van der Waals surface area contributed by atoms with E-state index in [1.807, 2.05) is 6.92 Å². The maximum Gasteiger partial charge on any atom is 0.317 e. The number of fused-ring (bicyclic) bond motifs is 2. The number of phenolic OH excluding ortho intramolecular Hbond substituents is 1. The number of rotatable bonds is 13. The number of urea groups is 1. The van der Waals surface area contributed by atoms with E-state index in [1.165, 1.54) is 4.90 Å². The highest BCUT2D eigenvalue weighted by atomic mass is 16.8. The van der Waals surface area contributed by atoms with Gasteiger partial charge in [0.15, 0.2) is 0 Å². The summed E-state index contributed by atoms with van der Waals surface area (Å²) in [5.41, 5.74) is 2.29. The van der Waals surface area contributed by atoms with Crippen LogP contribution in [0.3, 0.4) is 0 Å². The van der Waals surface area contributed by atoms with Gasteiger partial charge in [0, 0.05) is 51.1 Å². The van der Waals surface area contributed by atoms with Crippen molar-refractivity contribution in [2.24, 2.45) is 22.9 Å². The summed E-state index contributed by atoms with van der Waals surface area (Å²) in [6.07, 6.45) is 10.0. The van der Waals surface area contributed by atoms with Crippen molar-refractivity contribution in [3.63, 3.8) is 0 Å². The van der Waals surface area contributed by atoms with Gasteiger partial charge in [-0.15, -0.1) is 0 Å². The van der Waals surface area contributed by atoms with Gasteiger partial charge in [-0.2, -0.15) is 0 Å². The van der Waals surface area contributed by atoms with Crippen molar-refractivity contribution in [2.45, 2.75) is 102 Å². The molecule has 0 radical (unpaired) electrons. The highest BCUT2D eigenvalue weighted by molar-refractivity contribution is 6.03. The van der Waals surface area contributed by atoms with Crippen LogP contribution in [-0.2, 0) is 9.57 Å². The SMILES string of the molecule is CCCNC(=O)N(C)[C@H]1CC(=NOC2CCCCO2)C2=C[C@H](CCCCO)[C@@H](CCCCO)[C@@H]3c4cc(O)ccc4O[C@@]1(O)[C@H]23. The van der Waals surface area contributed by atoms with Crippen LogP contribution in [0.1, 0.15) is 89.0 Å². The molecule has 1 saturated heterocycles. The number of allylic oxidation sites excluding steroid dienone is 1. The van der Waals surface area contributed by atoms with E-state index >= 15 is 0 Å². The number of aliphatic hydroxyl groups excluding tert-OH is 2. The second kappa shape index (κ2) is 15.2. The number of nitrogens with zero attached hydrogens (tertiary/aromatic N) is 2. The van der Waals surface area contributed by atoms with Crippen molar-refractivity contribution in [2.75, 3.05) is 33.4 Å². The van der Waals surface area contributed by atoms with Gasteiger partial charge >= 0.3 is 6.03 Å². The van der Waals surface area contributed by atoms with E-state index in [4.69, 9.17) is 14.3 Å². The third-order valence-electron chi connectivity index (χ3n) is 9.99. The molecular formula is C34H51N3O8. The van der Waals surface area contributed by atoms with Crippen LogP contribution in [0.5, 0.6) is 11.5 Å². The third kappa shape index (κ3) is 7.11. The predicted molar refractivity (Wildman–Crippen MR) is 169 cm³/mol. The van der Waals surface area contributed by atoms with Crippen LogP contribution in [0.4, 0.5) is 4.79 Å². The summed E-state index contributed by atoms with van der Waals surface area (Å²) in [6, 6.07) is 3.88. The Morgan fingerprint density at radius 2 is 1.93 bits per heavy atom. The summed E-state index contributed by atoms with van der Waals surface area (Å²) < 4.78 is 12.3. The Balaban J connectivity index is 1.64. The number of hydrogen-bond donors (Lipinski definition) is 5. The Hall–Kier alpha value is -2.86. The molecule has 7 atom stereocenters. The Morgan fingerprint density at radius 1 is 1.16 bits per heavy atom. The minimum Gasteiger partial charge on any atom is -0.508 e. The van der Waals surface area contributed by atoms with Gasteiger partial charge in [-0.1, -0.05) is 31.0 Å². The molecule has 1 aromatic rings. The summed E-state index contributed by atoms with van der Waals surface area (Å²) in [4.78, 5) is 20.9. The quantitative estimate of drug-likeness (QED) is 0.159. The molecule has 0 aromatic heterocycles. The van der Waals surface area contributed by atoms with Crippen LogP contribution in [0.15, 0.2) is 35.0 Å².